The van der Waals surface area contributed by atoms with Crippen LogP contribution in [-0.2, 0) is 6.54 Å². The first-order valence-electron chi connectivity index (χ1n) is 9.61. The number of primary amides is 1. The number of benzene rings is 2. The van der Waals surface area contributed by atoms with Crippen LogP contribution in [0.2, 0.25) is 0 Å². The lowest BCUT2D eigenvalue weighted by Gasteiger charge is -2.34. The maximum absolute atomic E-state index is 11.7. The van der Waals surface area contributed by atoms with E-state index in [1.165, 1.54) is 5.56 Å². The highest BCUT2D eigenvalue weighted by Gasteiger charge is 2.20. The van der Waals surface area contributed by atoms with Crippen molar-refractivity contribution in [3.63, 3.8) is 0 Å². The molecule has 8 heteroatoms. The summed E-state index contributed by atoms with van der Waals surface area (Å²) in [5.74, 6) is -0.479. The number of fused-ring (bicyclic) bond motifs is 1. The number of aromatic nitrogens is 2. The van der Waals surface area contributed by atoms with Gasteiger partial charge in [-0.25, -0.2) is 9.48 Å². The minimum Gasteiger partial charge on any atom is -0.366 e. The van der Waals surface area contributed by atoms with Gasteiger partial charge in [-0.15, -0.1) is 0 Å². The molecule has 1 saturated heterocycles. The number of urea groups is 1. The highest BCUT2D eigenvalue weighted by atomic mass is 16.2. The first-order valence-corrected chi connectivity index (χ1v) is 9.61. The summed E-state index contributed by atoms with van der Waals surface area (Å²) >= 11 is 0. The lowest BCUT2D eigenvalue weighted by atomic mass is 10.1. The Labute approximate surface area is 168 Å². The number of piperazine rings is 1. The zero-order valence-electron chi connectivity index (χ0n) is 16.3. The fourth-order valence-corrected chi connectivity index (χ4v) is 3.66. The van der Waals surface area contributed by atoms with Crippen LogP contribution < -0.4 is 11.1 Å². The van der Waals surface area contributed by atoms with Crippen LogP contribution in [0.3, 0.4) is 0 Å². The summed E-state index contributed by atoms with van der Waals surface area (Å²) < 4.78 is 1.77. The lowest BCUT2D eigenvalue weighted by Crippen LogP contribution is -2.50. The quantitative estimate of drug-likeness (QED) is 0.705. The van der Waals surface area contributed by atoms with E-state index < -0.39 is 5.91 Å². The lowest BCUT2D eigenvalue weighted by molar-refractivity contribution is 0.100. The van der Waals surface area contributed by atoms with Gasteiger partial charge in [0, 0.05) is 51.4 Å². The highest BCUT2D eigenvalue weighted by Crippen LogP contribution is 2.20. The van der Waals surface area contributed by atoms with Crippen molar-refractivity contribution >= 4 is 22.8 Å². The Kier molecular flexibility index (Phi) is 5.18. The van der Waals surface area contributed by atoms with Gasteiger partial charge >= 0.3 is 6.03 Å². The molecule has 8 nitrogen and oxygen atoms in total. The van der Waals surface area contributed by atoms with Crippen LogP contribution in [0.5, 0.6) is 0 Å². The molecule has 1 fully saturated rings. The smallest absolute Gasteiger partial charge is 0.317 e. The van der Waals surface area contributed by atoms with Crippen molar-refractivity contribution in [1.82, 2.24) is 24.9 Å². The third kappa shape index (κ3) is 3.93. The Morgan fingerprint density at radius 2 is 1.79 bits per heavy atom. The van der Waals surface area contributed by atoms with E-state index in [9.17, 15) is 9.59 Å². The molecule has 0 saturated carbocycles. The van der Waals surface area contributed by atoms with Crippen LogP contribution in [-0.4, -0.2) is 64.7 Å². The van der Waals surface area contributed by atoms with E-state index in [0.29, 0.717) is 11.1 Å². The van der Waals surface area contributed by atoms with E-state index in [0.717, 1.165) is 43.8 Å². The topological polar surface area (TPSA) is 96.5 Å². The number of carbonyl (C=O) groups excluding carboxylic acids is 2. The van der Waals surface area contributed by atoms with Crippen molar-refractivity contribution in [3.8, 4) is 5.69 Å². The summed E-state index contributed by atoms with van der Waals surface area (Å²) in [6.07, 6.45) is 1.90. The summed E-state index contributed by atoms with van der Waals surface area (Å²) in [5.41, 5.74) is 8.61. The second-order valence-electron chi connectivity index (χ2n) is 7.17. The van der Waals surface area contributed by atoms with Crippen molar-refractivity contribution in [1.29, 1.82) is 0 Å². The maximum atomic E-state index is 11.7. The van der Waals surface area contributed by atoms with Crippen LogP contribution in [0.25, 0.3) is 16.6 Å². The first-order chi connectivity index (χ1) is 14.0. The van der Waals surface area contributed by atoms with Gasteiger partial charge in [-0.05, 0) is 23.8 Å². The molecule has 1 aromatic heterocycles. The number of nitrogens with zero attached hydrogens (tertiary/aromatic N) is 4. The zero-order valence-corrected chi connectivity index (χ0v) is 16.3. The van der Waals surface area contributed by atoms with Crippen molar-refractivity contribution < 1.29 is 9.59 Å². The number of hydrogen-bond acceptors (Lipinski definition) is 4. The summed E-state index contributed by atoms with van der Waals surface area (Å²) in [4.78, 5) is 27.5. The van der Waals surface area contributed by atoms with Gasteiger partial charge in [-0.1, -0.05) is 24.3 Å². The van der Waals surface area contributed by atoms with Crippen LogP contribution >= 0.6 is 0 Å². The fourth-order valence-electron chi connectivity index (χ4n) is 3.66. The SMILES string of the molecule is CNC(=O)N1CCN(Cc2ccc(-n3cc4cccc(C(N)=O)c4n3)cc2)CC1. The van der Waals surface area contributed by atoms with Crippen molar-refractivity contribution in [2.24, 2.45) is 5.73 Å². The Balaban J connectivity index is 1.45. The Hall–Kier alpha value is -3.39. The molecule has 3 N–H and O–H groups in total. The van der Waals surface area contributed by atoms with Gasteiger partial charge < -0.3 is 16.0 Å². The second-order valence-corrected chi connectivity index (χ2v) is 7.17. The van der Waals surface area contributed by atoms with E-state index in [-0.39, 0.29) is 6.03 Å². The number of nitrogens with one attached hydrogen (secondary N) is 1. The molecular weight excluding hydrogens is 368 g/mol. The van der Waals surface area contributed by atoms with Gasteiger partial charge in [0.1, 0.15) is 5.52 Å². The van der Waals surface area contributed by atoms with Crippen molar-refractivity contribution in [3.05, 3.63) is 59.8 Å². The molecule has 2 aromatic carbocycles. The Bertz CT molecular complexity index is 1040. The number of carbonyl (C=O) groups is 2. The standard InChI is InChI=1S/C21H24N6O2/c1-23-21(29)26-11-9-25(10-12-26)13-15-5-7-17(8-6-15)27-14-16-3-2-4-18(20(22)28)19(16)24-27/h2-8,14H,9-13H2,1H3,(H2,22,28)(H,23,29). The summed E-state index contributed by atoms with van der Waals surface area (Å²) in [6, 6.07) is 13.6. The molecule has 0 aliphatic carbocycles. The van der Waals surface area contributed by atoms with Gasteiger partial charge in [0.25, 0.3) is 5.91 Å². The van der Waals surface area contributed by atoms with E-state index in [1.807, 2.05) is 29.3 Å². The molecule has 1 aliphatic rings. The molecule has 2 heterocycles. The van der Waals surface area contributed by atoms with Gasteiger partial charge in [-0.2, -0.15) is 5.10 Å². The monoisotopic (exact) mass is 392 g/mol. The number of nitrogens with two attached hydrogens (primary N) is 1. The molecule has 1 aliphatic heterocycles. The molecule has 0 bridgehead atoms. The summed E-state index contributed by atoms with van der Waals surface area (Å²) in [5, 5.41) is 8.09. The van der Waals surface area contributed by atoms with Gasteiger partial charge in [-0.3, -0.25) is 9.69 Å². The Morgan fingerprint density at radius 1 is 1.07 bits per heavy atom. The average Bonchev–Trinajstić information content (AvgIpc) is 3.18. The molecule has 0 atom stereocenters. The third-order valence-electron chi connectivity index (χ3n) is 5.28. The van der Waals surface area contributed by atoms with E-state index >= 15 is 0 Å². The minimum absolute atomic E-state index is 0.0138. The molecule has 0 radical (unpaired) electrons. The van der Waals surface area contributed by atoms with Crippen molar-refractivity contribution in [2.45, 2.75) is 6.54 Å². The fraction of sp³-hybridized carbons (Fsp3) is 0.286. The predicted molar refractivity (Wildman–Crippen MR) is 111 cm³/mol. The molecule has 150 valence electrons. The van der Waals surface area contributed by atoms with Gasteiger partial charge in [0.2, 0.25) is 0 Å². The molecular formula is C21H24N6O2. The van der Waals surface area contributed by atoms with Gasteiger partial charge in [0.05, 0.1) is 11.3 Å². The second kappa shape index (κ2) is 7.92. The third-order valence-corrected chi connectivity index (χ3v) is 5.28. The summed E-state index contributed by atoms with van der Waals surface area (Å²) in [6.45, 7) is 4.03. The molecule has 4 rings (SSSR count). The predicted octanol–water partition coefficient (Wildman–Crippen LogP) is 1.58. The highest BCUT2D eigenvalue weighted by molar-refractivity contribution is 6.04. The van der Waals surface area contributed by atoms with Crippen LogP contribution in [0, 0.1) is 0 Å². The zero-order chi connectivity index (χ0) is 20.4. The number of hydrogen-bond donors (Lipinski definition) is 2. The number of rotatable bonds is 4. The van der Waals surface area contributed by atoms with E-state index in [1.54, 1.807) is 23.9 Å². The van der Waals surface area contributed by atoms with Crippen LogP contribution in [0.4, 0.5) is 4.79 Å². The molecule has 0 spiro atoms. The van der Waals surface area contributed by atoms with Crippen molar-refractivity contribution in [2.75, 3.05) is 33.2 Å². The minimum atomic E-state index is -0.479. The molecule has 3 aromatic rings. The van der Waals surface area contributed by atoms with E-state index in [2.05, 4.69) is 27.4 Å². The Morgan fingerprint density at radius 3 is 2.45 bits per heavy atom. The molecule has 3 amide bonds. The van der Waals surface area contributed by atoms with E-state index in [4.69, 9.17) is 5.73 Å². The molecule has 0 unspecified atom stereocenters. The van der Waals surface area contributed by atoms with Crippen LogP contribution in [0.15, 0.2) is 48.7 Å². The first kappa shape index (κ1) is 18.9. The van der Waals surface area contributed by atoms with Crippen LogP contribution in [0.1, 0.15) is 15.9 Å². The maximum Gasteiger partial charge on any atom is 0.317 e. The molecule has 29 heavy (non-hydrogen) atoms. The normalized spacial score (nSPS) is 14.9. The summed E-state index contributed by atoms with van der Waals surface area (Å²) in [7, 11) is 1.66. The average molecular weight is 392 g/mol. The van der Waals surface area contributed by atoms with Gasteiger partial charge in [0.15, 0.2) is 0 Å². The number of amides is 3. The largest absolute Gasteiger partial charge is 0.366 e.